The quantitative estimate of drug-likeness (QED) is 0.510. The fourth-order valence-electron chi connectivity index (χ4n) is 1.34. The number of nitrogens with two attached hydrogens (primary N) is 1. The molecule has 0 aliphatic heterocycles. The van der Waals surface area contributed by atoms with Crippen molar-refractivity contribution in [1.29, 1.82) is 0 Å². The van der Waals surface area contributed by atoms with Crippen LogP contribution in [0, 0.1) is 10.1 Å². The highest BCUT2D eigenvalue weighted by Crippen LogP contribution is 2.29. The van der Waals surface area contributed by atoms with Gasteiger partial charge in [0.25, 0.3) is 0 Å². The fraction of sp³-hybridized carbons (Fsp3) is 0.455. The Bertz CT molecular complexity index is 423. The molecule has 1 rings (SSSR count). The molecule has 0 aliphatic rings. The number of nitrogens with zero attached hydrogens (tertiary/aromatic N) is 1. The summed E-state index contributed by atoms with van der Waals surface area (Å²) < 4.78 is 4.94. The van der Waals surface area contributed by atoms with Crippen LogP contribution in [-0.2, 0) is 0 Å². The molecule has 0 bridgehead atoms. The van der Waals surface area contributed by atoms with Gasteiger partial charge in [-0.05, 0) is 13.0 Å². The SMILES string of the molecule is COc1cc(NCC(N)C(C)O)ccc1[N+](=O)[O-]. The first-order chi connectivity index (χ1) is 8.45. The molecule has 0 aromatic heterocycles. The first-order valence-corrected chi connectivity index (χ1v) is 5.45. The van der Waals surface area contributed by atoms with Crippen LogP contribution >= 0.6 is 0 Å². The lowest BCUT2D eigenvalue weighted by Crippen LogP contribution is -2.38. The fourth-order valence-corrected chi connectivity index (χ4v) is 1.34. The summed E-state index contributed by atoms with van der Waals surface area (Å²) in [5.74, 6) is 0.176. The Hall–Kier alpha value is -1.86. The van der Waals surface area contributed by atoms with Gasteiger partial charge in [-0.1, -0.05) is 0 Å². The molecule has 2 atom stereocenters. The van der Waals surface area contributed by atoms with Crippen LogP contribution in [0.3, 0.4) is 0 Å². The number of nitrogens with one attached hydrogen (secondary N) is 1. The molecule has 0 saturated heterocycles. The maximum Gasteiger partial charge on any atom is 0.311 e. The van der Waals surface area contributed by atoms with Gasteiger partial charge in [0.15, 0.2) is 5.75 Å². The number of aliphatic hydroxyl groups is 1. The standard InChI is InChI=1S/C11H17N3O4/c1-7(15)9(12)6-13-8-3-4-10(14(16)17)11(5-8)18-2/h3-5,7,9,13,15H,6,12H2,1-2H3. The lowest BCUT2D eigenvalue weighted by Gasteiger charge is -2.16. The van der Waals surface area contributed by atoms with Crippen LogP contribution in [0.5, 0.6) is 5.75 Å². The molecule has 0 aliphatic carbocycles. The summed E-state index contributed by atoms with van der Waals surface area (Å²) in [5, 5.41) is 22.9. The summed E-state index contributed by atoms with van der Waals surface area (Å²) in [5.41, 5.74) is 6.21. The van der Waals surface area contributed by atoms with Crippen LogP contribution in [-0.4, -0.2) is 35.8 Å². The summed E-state index contributed by atoms with van der Waals surface area (Å²) in [6.45, 7) is 1.96. The second-order valence-corrected chi connectivity index (χ2v) is 3.93. The van der Waals surface area contributed by atoms with E-state index in [1.54, 1.807) is 13.0 Å². The third-order valence-electron chi connectivity index (χ3n) is 2.54. The second-order valence-electron chi connectivity index (χ2n) is 3.93. The lowest BCUT2D eigenvalue weighted by molar-refractivity contribution is -0.385. The highest BCUT2D eigenvalue weighted by molar-refractivity contribution is 5.58. The van der Waals surface area contributed by atoms with Crippen molar-refractivity contribution >= 4 is 11.4 Å². The van der Waals surface area contributed by atoms with Crippen molar-refractivity contribution < 1.29 is 14.8 Å². The minimum Gasteiger partial charge on any atom is -0.490 e. The number of benzene rings is 1. The van der Waals surface area contributed by atoms with Crippen molar-refractivity contribution in [2.45, 2.75) is 19.1 Å². The largest absolute Gasteiger partial charge is 0.490 e. The number of hydrogen-bond donors (Lipinski definition) is 3. The molecule has 0 heterocycles. The zero-order valence-electron chi connectivity index (χ0n) is 10.3. The predicted molar refractivity (Wildman–Crippen MR) is 67.8 cm³/mol. The highest BCUT2D eigenvalue weighted by atomic mass is 16.6. The van der Waals surface area contributed by atoms with Gasteiger partial charge in [-0.2, -0.15) is 0 Å². The first kappa shape index (κ1) is 14.2. The van der Waals surface area contributed by atoms with Crippen molar-refractivity contribution in [3.8, 4) is 5.75 Å². The smallest absolute Gasteiger partial charge is 0.311 e. The Balaban J connectivity index is 2.77. The number of nitro benzene ring substituents is 1. The number of rotatable bonds is 6. The van der Waals surface area contributed by atoms with E-state index < -0.39 is 17.1 Å². The van der Waals surface area contributed by atoms with Crippen molar-refractivity contribution in [2.24, 2.45) is 5.73 Å². The number of aliphatic hydroxyl groups excluding tert-OH is 1. The Morgan fingerprint density at radius 2 is 2.28 bits per heavy atom. The van der Waals surface area contributed by atoms with Crippen LogP contribution in [0.15, 0.2) is 18.2 Å². The van der Waals surface area contributed by atoms with Crippen molar-refractivity contribution in [3.63, 3.8) is 0 Å². The van der Waals surface area contributed by atoms with E-state index in [1.807, 2.05) is 0 Å². The van der Waals surface area contributed by atoms with Gasteiger partial charge in [0.2, 0.25) is 0 Å². The topological polar surface area (TPSA) is 111 Å². The molecule has 100 valence electrons. The van der Waals surface area contributed by atoms with Gasteiger partial charge in [0, 0.05) is 30.4 Å². The molecule has 7 heteroatoms. The summed E-state index contributed by atoms with van der Waals surface area (Å²) in [4.78, 5) is 10.2. The number of ether oxygens (including phenoxy) is 1. The van der Waals surface area contributed by atoms with Gasteiger partial charge in [0.05, 0.1) is 18.1 Å². The molecular weight excluding hydrogens is 238 g/mol. The van der Waals surface area contributed by atoms with Gasteiger partial charge < -0.3 is 20.9 Å². The molecule has 1 aromatic carbocycles. The number of hydrogen-bond acceptors (Lipinski definition) is 6. The van der Waals surface area contributed by atoms with E-state index in [2.05, 4.69) is 5.32 Å². The van der Waals surface area contributed by atoms with E-state index in [-0.39, 0.29) is 11.4 Å². The minimum absolute atomic E-state index is 0.0946. The van der Waals surface area contributed by atoms with E-state index in [1.165, 1.54) is 19.2 Å². The van der Waals surface area contributed by atoms with Crippen LogP contribution in [0.2, 0.25) is 0 Å². The normalized spacial score (nSPS) is 13.8. The Morgan fingerprint density at radius 3 is 2.78 bits per heavy atom. The van der Waals surface area contributed by atoms with E-state index in [9.17, 15) is 15.2 Å². The third-order valence-corrected chi connectivity index (χ3v) is 2.54. The molecule has 0 spiro atoms. The Kier molecular flexibility index (Phi) is 4.87. The van der Waals surface area contributed by atoms with Crippen molar-refractivity contribution in [2.75, 3.05) is 19.0 Å². The summed E-state index contributed by atoms with van der Waals surface area (Å²) in [6.07, 6.45) is -0.627. The van der Waals surface area contributed by atoms with Crippen molar-refractivity contribution in [1.82, 2.24) is 0 Å². The van der Waals surface area contributed by atoms with E-state index in [4.69, 9.17) is 10.5 Å². The van der Waals surface area contributed by atoms with Gasteiger partial charge in [-0.15, -0.1) is 0 Å². The molecule has 4 N–H and O–H groups in total. The molecule has 2 unspecified atom stereocenters. The van der Waals surface area contributed by atoms with Crippen LogP contribution in [0.1, 0.15) is 6.92 Å². The second kappa shape index (κ2) is 6.18. The first-order valence-electron chi connectivity index (χ1n) is 5.45. The minimum atomic E-state index is -0.627. The zero-order valence-corrected chi connectivity index (χ0v) is 10.3. The molecule has 1 aromatic rings. The van der Waals surface area contributed by atoms with Crippen molar-refractivity contribution in [3.05, 3.63) is 28.3 Å². The zero-order chi connectivity index (χ0) is 13.7. The summed E-state index contributed by atoms with van der Waals surface area (Å²) in [7, 11) is 1.37. The van der Waals surface area contributed by atoms with E-state index >= 15 is 0 Å². The van der Waals surface area contributed by atoms with Crippen LogP contribution in [0.4, 0.5) is 11.4 Å². The van der Waals surface area contributed by atoms with Crippen LogP contribution < -0.4 is 15.8 Å². The number of nitro groups is 1. The maximum atomic E-state index is 10.7. The monoisotopic (exact) mass is 255 g/mol. The molecule has 7 nitrogen and oxygen atoms in total. The molecule has 18 heavy (non-hydrogen) atoms. The number of anilines is 1. The molecule has 0 saturated carbocycles. The maximum absolute atomic E-state index is 10.7. The van der Waals surface area contributed by atoms with E-state index in [0.717, 1.165) is 0 Å². The lowest BCUT2D eigenvalue weighted by atomic mass is 10.2. The predicted octanol–water partition coefficient (Wildman–Crippen LogP) is 0.723. The third kappa shape index (κ3) is 3.57. The molecule has 0 fully saturated rings. The van der Waals surface area contributed by atoms with Gasteiger partial charge in [-0.25, -0.2) is 0 Å². The molecule has 0 radical (unpaired) electrons. The van der Waals surface area contributed by atoms with Gasteiger partial charge >= 0.3 is 5.69 Å². The molecular formula is C11H17N3O4. The van der Waals surface area contributed by atoms with Crippen LogP contribution in [0.25, 0.3) is 0 Å². The average molecular weight is 255 g/mol. The van der Waals surface area contributed by atoms with E-state index in [0.29, 0.717) is 12.2 Å². The summed E-state index contributed by atoms with van der Waals surface area (Å²) in [6, 6.07) is 4.03. The number of methoxy groups -OCH3 is 1. The average Bonchev–Trinajstić information content (AvgIpc) is 2.34. The Labute approximate surface area is 105 Å². The Morgan fingerprint density at radius 1 is 1.61 bits per heavy atom. The summed E-state index contributed by atoms with van der Waals surface area (Å²) >= 11 is 0. The van der Waals surface area contributed by atoms with Gasteiger partial charge in [0.1, 0.15) is 0 Å². The highest BCUT2D eigenvalue weighted by Gasteiger charge is 2.15. The van der Waals surface area contributed by atoms with Gasteiger partial charge in [-0.3, -0.25) is 10.1 Å². The molecule has 0 amide bonds.